The number of nitrogens with two attached hydrogens (primary N) is 1. The zero-order chi connectivity index (χ0) is 12.3. The second-order valence-corrected chi connectivity index (χ2v) is 4.36. The Balaban J connectivity index is 1.94. The summed E-state index contributed by atoms with van der Waals surface area (Å²) in [4.78, 5) is 10.7. The van der Waals surface area contributed by atoms with Gasteiger partial charge in [-0.05, 0) is 36.1 Å². The van der Waals surface area contributed by atoms with E-state index in [1.807, 2.05) is 12.1 Å². The molecule has 1 unspecified atom stereocenters. The van der Waals surface area contributed by atoms with Gasteiger partial charge in [-0.2, -0.15) is 0 Å². The van der Waals surface area contributed by atoms with Gasteiger partial charge in [0, 0.05) is 18.5 Å². The van der Waals surface area contributed by atoms with Crippen LogP contribution in [0.15, 0.2) is 18.2 Å². The number of benzene rings is 1. The van der Waals surface area contributed by atoms with Gasteiger partial charge in [-0.3, -0.25) is 4.79 Å². The summed E-state index contributed by atoms with van der Waals surface area (Å²) in [6.07, 6.45) is 1.95. The monoisotopic (exact) mass is 228 g/mol. The van der Waals surface area contributed by atoms with Gasteiger partial charge in [0.15, 0.2) is 0 Å². The standard InChI is InChI=1S/C14H16N2O/c1-10(17)16-6-2-3-11-7-12-4-5-14(15)9-13(12)8-11/h4-5,9,11H,6-8,15H2,1H3,(H,16,17). The Labute approximate surface area is 101 Å². The first-order valence-electron chi connectivity index (χ1n) is 5.75. The molecule has 0 heterocycles. The SMILES string of the molecule is CC(=O)NCC#CC1Cc2ccc(N)cc2C1. The van der Waals surface area contributed by atoms with Crippen LogP contribution in [0.3, 0.4) is 0 Å². The van der Waals surface area contributed by atoms with Crippen molar-refractivity contribution < 1.29 is 4.79 Å². The molecule has 0 aliphatic heterocycles. The van der Waals surface area contributed by atoms with E-state index in [9.17, 15) is 4.79 Å². The average molecular weight is 228 g/mol. The third-order valence-electron chi connectivity index (χ3n) is 2.89. The van der Waals surface area contributed by atoms with Gasteiger partial charge in [-0.15, -0.1) is 0 Å². The number of carbonyl (C=O) groups is 1. The van der Waals surface area contributed by atoms with Crippen LogP contribution in [-0.2, 0) is 17.6 Å². The van der Waals surface area contributed by atoms with Crippen molar-refractivity contribution in [3.63, 3.8) is 0 Å². The Morgan fingerprint density at radius 3 is 3.00 bits per heavy atom. The molecule has 3 N–H and O–H groups in total. The smallest absolute Gasteiger partial charge is 0.217 e. The van der Waals surface area contributed by atoms with Crippen molar-refractivity contribution in [2.75, 3.05) is 12.3 Å². The Bertz CT molecular complexity index is 497. The highest BCUT2D eigenvalue weighted by Gasteiger charge is 2.19. The van der Waals surface area contributed by atoms with Crippen molar-refractivity contribution in [2.24, 2.45) is 5.92 Å². The largest absolute Gasteiger partial charge is 0.399 e. The predicted octanol–water partition coefficient (Wildman–Crippen LogP) is 1.12. The number of hydrogen-bond donors (Lipinski definition) is 2. The fourth-order valence-corrected chi connectivity index (χ4v) is 2.10. The lowest BCUT2D eigenvalue weighted by molar-refractivity contribution is -0.118. The maximum Gasteiger partial charge on any atom is 0.217 e. The first kappa shape index (κ1) is 11.5. The highest BCUT2D eigenvalue weighted by atomic mass is 16.1. The molecule has 1 aromatic rings. The maximum atomic E-state index is 10.7. The summed E-state index contributed by atoms with van der Waals surface area (Å²) in [7, 11) is 0. The molecule has 1 aromatic carbocycles. The molecule has 0 saturated carbocycles. The minimum Gasteiger partial charge on any atom is -0.399 e. The molecule has 0 fully saturated rings. The van der Waals surface area contributed by atoms with Gasteiger partial charge in [0.1, 0.15) is 0 Å². The number of rotatable bonds is 1. The number of anilines is 1. The molecule has 17 heavy (non-hydrogen) atoms. The van der Waals surface area contributed by atoms with E-state index in [2.05, 4.69) is 23.2 Å². The summed E-state index contributed by atoms with van der Waals surface area (Å²) in [6.45, 7) is 1.93. The zero-order valence-electron chi connectivity index (χ0n) is 9.92. The molecule has 0 aromatic heterocycles. The molecule has 0 saturated heterocycles. The van der Waals surface area contributed by atoms with Crippen LogP contribution in [0.4, 0.5) is 5.69 Å². The maximum absolute atomic E-state index is 10.7. The third-order valence-corrected chi connectivity index (χ3v) is 2.89. The Hall–Kier alpha value is -1.95. The van der Waals surface area contributed by atoms with Crippen molar-refractivity contribution in [3.05, 3.63) is 29.3 Å². The number of nitrogen functional groups attached to an aromatic ring is 1. The van der Waals surface area contributed by atoms with Gasteiger partial charge < -0.3 is 11.1 Å². The van der Waals surface area contributed by atoms with E-state index in [1.54, 1.807) is 0 Å². The lowest BCUT2D eigenvalue weighted by Crippen LogP contribution is -2.19. The number of hydrogen-bond acceptors (Lipinski definition) is 2. The van der Waals surface area contributed by atoms with Crippen LogP contribution in [0.1, 0.15) is 18.1 Å². The second kappa shape index (κ2) is 4.92. The van der Waals surface area contributed by atoms with Crippen molar-refractivity contribution in [2.45, 2.75) is 19.8 Å². The topological polar surface area (TPSA) is 55.1 Å². The summed E-state index contributed by atoms with van der Waals surface area (Å²) in [6, 6.07) is 6.05. The zero-order valence-corrected chi connectivity index (χ0v) is 9.92. The molecular formula is C14H16N2O. The molecule has 2 rings (SSSR count). The minimum atomic E-state index is -0.0400. The number of nitrogens with one attached hydrogen (secondary N) is 1. The van der Waals surface area contributed by atoms with Gasteiger partial charge in [0.2, 0.25) is 5.91 Å². The average Bonchev–Trinajstić information content (AvgIpc) is 2.66. The molecule has 1 aliphatic rings. The van der Waals surface area contributed by atoms with Crippen LogP contribution in [0, 0.1) is 17.8 Å². The lowest BCUT2D eigenvalue weighted by atomic mass is 10.1. The van der Waals surface area contributed by atoms with E-state index in [4.69, 9.17) is 5.73 Å². The van der Waals surface area contributed by atoms with Gasteiger partial charge >= 0.3 is 0 Å². The highest BCUT2D eigenvalue weighted by molar-refractivity contribution is 5.73. The third kappa shape index (κ3) is 3.01. The molecule has 88 valence electrons. The van der Waals surface area contributed by atoms with Gasteiger partial charge in [-0.1, -0.05) is 17.9 Å². The minimum absolute atomic E-state index is 0.0400. The van der Waals surface area contributed by atoms with Crippen molar-refractivity contribution in [1.29, 1.82) is 0 Å². The second-order valence-electron chi connectivity index (χ2n) is 4.36. The van der Waals surface area contributed by atoms with E-state index >= 15 is 0 Å². The Kier molecular flexibility index (Phi) is 3.34. The van der Waals surface area contributed by atoms with Crippen LogP contribution in [-0.4, -0.2) is 12.5 Å². The molecule has 0 spiro atoms. The number of amides is 1. The summed E-state index contributed by atoms with van der Waals surface area (Å²) < 4.78 is 0. The normalized spacial score (nSPS) is 16.9. The molecule has 0 radical (unpaired) electrons. The molecule has 1 atom stereocenters. The van der Waals surface area contributed by atoms with Gasteiger partial charge in [0.05, 0.1) is 6.54 Å². The molecule has 3 heteroatoms. The molecule has 1 amide bonds. The van der Waals surface area contributed by atoms with E-state index in [0.29, 0.717) is 12.5 Å². The van der Waals surface area contributed by atoms with E-state index in [1.165, 1.54) is 18.1 Å². The summed E-state index contributed by atoms with van der Waals surface area (Å²) in [5, 5.41) is 2.67. The molecule has 1 aliphatic carbocycles. The van der Waals surface area contributed by atoms with Crippen molar-refractivity contribution in [3.8, 4) is 11.8 Å². The quantitative estimate of drug-likeness (QED) is 0.559. The molecule has 3 nitrogen and oxygen atoms in total. The van der Waals surface area contributed by atoms with Crippen LogP contribution in [0.5, 0.6) is 0 Å². The first-order chi connectivity index (χ1) is 8.15. The highest BCUT2D eigenvalue weighted by Crippen LogP contribution is 2.27. The van der Waals surface area contributed by atoms with Gasteiger partial charge in [-0.25, -0.2) is 0 Å². The predicted molar refractivity (Wildman–Crippen MR) is 68.2 cm³/mol. The lowest BCUT2D eigenvalue weighted by Gasteiger charge is -1.98. The van der Waals surface area contributed by atoms with E-state index in [-0.39, 0.29) is 5.91 Å². The van der Waals surface area contributed by atoms with Crippen LogP contribution >= 0.6 is 0 Å². The van der Waals surface area contributed by atoms with Gasteiger partial charge in [0.25, 0.3) is 0 Å². The number of fused-ring (bicyclic) bond motifs is 1. The fourth-order valence-electron chi connectivity index (χ4n) is 2.10. The first-order valence-corrected chi connectivity index (χ1v) is 5.75. The summed E-state index contributed by atoms with van der Waals surface area (Å²) >= 11 is 0. The van der Waals surface area contributed by atoms with Crippen LogP contribution < -0.4 is 11.1 Å². The summed E-state index contributed by atoms with van der Waals surface area (Å²) in [5.41, 5.74) is 9.22. The van der Waals surface area contributed by atoms with Crippen LogP contribution in [0.25, 0.3) is 0 Å². The Morgan fingerprint density at radius 2 is 2.24 bits per heavy atom. The Morgan fingerprint density at radius 1 is 1.47 bits per heavy atom. The number of carbonyl (C=O) groups excluding carboxylic acids is 1. The molecular weight excluding hydrogens is 212 g/mol. The van der Waals surface area contributed by atoms with Crippen molar-refractivity contribution in [1.82, 2.24) is 5.32 Å². The van der Waals surface area contributed by atoms with Crippen LogP contribution in [0.2, 0.25) is 0 Å². The van der Waals surface area contributed by atoms with E-state index < -0.39 is 0 Å². The molecule has 0 bridgehead atoms. The van der Waals surface area contributed by atoms with E-state index in [0.717, 1.165) is 18.5 Å². The fraction of sp³-hybridized carbons (Fsp3) is 0.357. The van der Waals surface area contributed by atoms with Crippen molar-refractivity contribution >= 4 is 11.6 Å². The summed E-state index contributed by atoms with van der Waals surface area (Å²) in [5.74, 6) is 6.51.